The molecule has 2 heterocycles. The number of hydrogen-bond donors (Lipinski definition) is 2. The van der Waals surface area contributed by atoms with Gasteiger partial charge in [0.25, 0.3) is 0 Å². The third kappa shape index (κ3) is 2.35. The van der Waals surface area contributed by atoms with Crippen molar-refractivity contribution in [3.63, 3.8) is 0 Å². The molecule has 0 saturated heterocycles. The Balaban J connectivity index is 2.12. The highest BCUT2D eigenvalue weighted by molar-refractivity contribution is 5.64. The second-order valence-electron chi connectivity index (χ2n) is 3.92. The van der Waals surface area contributed by atoms with Gasteiger partial charge in [0.05, 0.1) is 23.6 Å². The van der Waals surface area contributed by atoms with Gasteiger partial charge in [-0.15, -0.1) is 0 Å². The lowest BCUT2D eigenvalue weighted by molar-refractivity contribution is 0.756. The average Bonchev–Trinajstić information content (AvgIpc) is 2.51. The highest BCUT2D eigenvalue weighted by atomic mass is 15.3. The van der Waals surface area contributed by atoms with Gasteiger partial charge in [0.15, 0.2) is 0 Å². The van der Waals surface area contributed by atoms with Gasteiger partial charge in [-0.25, -0.2) is 9.97 Å². The lowest BCUT2D eigenvalue weighted by Crippen LogP contribution is -2.08. The second kappa shape index (κ2) is 4.40. The van der Waals surface area contributed by atoms with Gasteiger partial charge in [-0.05, 0) is 19.9 Å². The second-order valence-corrected chi connectivity index (χ2v) is 3.92. The van der Waals surface area contributed by atoms with E-state index in [-0.39, 0.29) is 0 Å². The van der Waals surface area contributed by atoms with E-state index in [1.807, 2.05) is 27.0 Å². The summed E-state index contributed by atoms with van der Waals surface area (Å²) in [6.45, 7) is 4.36. The fourth-order valence-corrected chi connectivity index (χ4v) is 1.66. The maximum atomic E-state index is 5.92. The molecular formula is C11H16N6. The van der Waals surface area contributed by atoms with Gasteiger partial charge < -0.3 is 11.1 Å². The number of hydrogen-bond acceptors (Lipinski definition) is 5. The van der Waals surface area contributed by atoms with Crippen LogP contribution >= 0.6 is 0 Å². The van der Waals surface area contributed by atoms with E-state index in [2.05, 4.69) is 20.4 Å². The molecule has 17 heavy (non-hydrogen) atoms. The first-order valence-corrected chi connectivity index (χ1v) is 5.39. The number of anilines is 2. The van der Waals surface area contributed by atoms with Crippen LogP contribution in [0.15, 0.2) is 12.3 Å². The summed E-state index contributed by atoms with van der Waals surface area (Å²) in [6, 6.07) is 1.87. The van der Waals surface area contributed by atoms with Gasteiger partial charge in [0.2, 0.25) is 0 Å². The molecular weight excluding hydrogens is 216 g/mol. The van der Waals surface area contributed by atoms with Crippen molar-refractivity contribution in [3.05, 3.63) is 29.5 Å². The SMILES string of the molecule is Cc1nccc(CNc2c(N)c(C)nn2C)n1. The van der Waals surface area contributed by atoms with Crippen LogP contribution in [0.3, 0.4) is 0 Å². The van der Waals surface area contributed by atoms with E-state index in [0.29, 0.717) is 12.2 Å². The van der Waals surface area contributed by atoms with Crippen molar-refractivity contribution in [1.82, 2.24) is 19.7 Å². The molecule has 0 unspecified atom stereocenters. The molecule has 0 amide bonds. The Hall–Kier alpha value is -2.11. The van der Waals surface area contributed by atoms with Crippen molar-refractivity contribution >= 4 is 11.5 Å². The largest absolute Gasteiger partial charge is 0.394 e. The molecule has 6 nitrogen and oxygen atoms in total. The summed E-state index contributed by atoms with van der Waals surface area (Å²) in [7, 11) is 1.86. The molecule has 0 radical (unpaired) electrons. The number of rotatable bonds is 3. The van der Waals surface area contributed by atoms with E-state index in [0.717, 1.165) is 23.0 Å². The molecule has 2 aromatic heterocycles. The van der Waals surface area contributed by atoms with Crippen molar-refractivity contribution in [2.75, 3.05) is 11.1 Å². The molecule has 0 spiro atoms. The summed E-state index contributed by atoms with van der Waals surface area (Å²) in [5, 5.41) is 7.47. The van der Waals surface area contributed by atoms with Crippen molar-refractivity contribution in [1.29, 1.82) is 0 Å². The number of aromatic nitrogens is 4. The van der Waals surface area contributed by atoms with Gasteiger partial charge in [-0.3, -0.25) is 4.68 Å². The summed E-state index contributed by atoms with van der Waals surface area (Å²) in [4.78, 5) is 8.36. The van der Waals surface area contributed by atoms with Crippen LogP contribution in [0.4, 0.5) is 11.5 Å². The van der Waals surface area contributed by atoms with E-state index in [9.17, 15) is 0 Å². The zero-order valence-corrected chi connectivity index (χ0v) is 10.2. The van der Waals surface area contributed by atoms with E-state index in [1.165, 1.54) is 0 Å². The lowest BCUT2D eigenvalue weighted by atomic mass is 10.3. The maximum absolute atomic E-state index is 5.92. The predicted molar refractivity (Wildman–Crippen MR) is 66.5 cm³/mol. The molecule has 90 valence electrons. The standard InChI is InChI=1S/C11H16N6/c1-7-10(12)11(17(3)16-7)14-6-9-4-5-13-8(2)15-9/h4-5,14H,6,12H2,1-3H3. The zero-order valence-electron chi connectivity index (χ0n) is 10.2. The fraction of sp³-hybridized carbons (Fsp3) is 0.364. The van der Waals surface area contributed by atoms with Crippen LogP contribution in [-0.2, 0) is 13.6 Å². The summed E-state index contributed by atoms with van der Waals surface area (Å²) >= 11 is 0. The smallest absolute Gasteiger partial charge is 0.148 e. The van der Waals surface area contributed by atoms with Crippen LogP contribution in [0.2, 0.25) is 0 Å². The van der Waals surface area contributed by atoms with Gasteiger partial charge in [-0.2, -0.15) is 5.10 Å². The maximum Gasteiger partial charge on any atom is 0.148 e. The minimum atomic E-state index is 0.604. The molecule has 0 aromatic carbocycles. The molecule has 0 fully saturated rings. The minimum absolute atomic E-state index is 0.604. The first kappa shape index (κ1) is 11.4. The number of nitrogens with one attached hydrogen (secondary N) is 1. The Bertz CT molecular complexity index is 531. The normalized spacial score (nSPS) is 10.5. The molecule has 2 rings (SSSR count). The van der Waals surface area contributed by atoms with Crippen molar-refractivity contribution in [2.24, 2.45) is 7.05 Å². The Labute approximate surface area is 99.9 Å². The quantitative estimate of drug-likeness (QED) is 0.825. The van der Waals surface area contributed by atoms with E-state index >= 15 is 0 Å². The van der Waals surface area contributed by atoms with Gasteiger partial charge in [0, 0.05) is 13.2 Å². The highest BCUT2D eigenvalue weighted by Crippen LogP contribution is 2.21. The fourth-order valence-electron chi connectivity index (χ4n) is 1.66. The zero-order chi connectivity index (χ0) is 12.4. The van der Waals surface area contributed by atoms with Crippen LogP contribution < -0.4 is 11.1 Å². The van der Waals surface area contributed by atoms with Crippen molar-refractivity contribution in [3.8, 4) is 0 Å². The van der Waals surface area contributed by atoms with Crippen LogP contribution in [0, 0.1) is 13.8 Å². The Morgan fingerprint density at radius 1 is 1.41 bits per heavy atom. The van der Waals surface area contributed by atoms with Crippen molar-refractivity contribution in [2.45, 2.75) is 20.4 Å². The molecule has 0 aliphatic heterocycles. The minimum Gasteiger partial charge on any atom is -0.394 e. The van der Waals surface area contributed by atoms with Crippen LogP contribution in [0.25, 0.3) is 0 Å². The topological polar surface area (TPSA) is 81.6 Å². The van der Waals surface area contributed by atoms with Gasteiger partial charge in [-0.1, -0.05) is 0 Å². The monoisotopic (exact) mass is 232 g/mol. The molecule has 2 aromatic rings. The van der Waals surface area contributed by atoms with Crippen LogP contribution in [-0.4, -0.2) is 19.7 Å². The summed E-state index contributed by atoms with van der Waals surface area (Å²) < 4.78 is 1.73. The first-order chi connectivity index (χ1) is 8.08. The summed E-state index contributed by atoms with van der Waals surface area (Å²) in [5.41, 5.74) is 8.35. The molecule has 6 heteroatoms. The molecule has 0 saturated carbocycles. The molecule has 0 aliphatic carbocycles. The van der Waals surface area contributed by atoms with Crippen LogP contribution in [0.1, 0.15) is 17.2 Å². The van der Waals surface area contributed by atoms with E-state index in [4.69, 9.17) is 5.73 Å². The summed E-state index contributed by atoms with van der Waals surface area (Å²) in [5.74, 6) is 1.58. The third-order valence-corrected chi connectivity index (χ3v) is 2.54. The number of aryl methyl sites for hydroxylation is 3. The molecule has 3 N–H and O–H groups in total. The molecule has 0 atom stereocenters. The molecule has 0 bridgehead atoms. The summed E-state index contributed by atoms with van der Waals surface area (Å²) in [6.07, 6.45) is 1.75. The predicted octanol–water partition coefficient (Wildman–Crippen LogP) is 1.02. The third-order valence-electron chi connectivity index (χ3n) is 2.54. The lowest BCUT2D eigenvalue weighted by Gasteiger charge is -2.07. The number of nitrogens with two attached hydrogens (primary N) is 1. The van der Waals surface area contributed by atoms with E-state index in [1.54, 1.807) is 10.9 Å². The number of nitrogen functional groups attached to an aromatic ring is 1. The first-order valence-electron chi connectivity index (χ1n) is 5.39. The average molecular weight is 232 g/mol. The van der Waals surface area contributed by atoms with Crippen molar-refractivity contribution < 1.29 is 0 Å². The Kier molecular flexibility index (Phi) is 2.95. The van der Waals surface area contributed by atoms with Gasteiger partial charge in [0.1, 0.15) is 11.6 Å². The van der Waals surface area contributed by atoms with Crippen LogP contribution in [0.5, 0.6) is 0 Å². The number of nitrogens with zero attached hydrogens (tertiary/aromatic N) is 4. The molecule has 0 aliphatic rings. The Morgan fingerprint density at radius 3 is 2.76 bits per heavy atom. The highest BCUT2D eigenvalue weighted by Gasteiger charge is 2.09. The van der Waals surface area contributed by atoms with E-state index < -0.39 is 0 Å². The van der Waals surface area contributed by atoms with Gasteiger partial charge >= 0.3 is 0 Å². The Morgan fingerprint density at radius 2 is 2.18 bits per heavy atom.